The molecule has 1 aliphatic rings. The molecule has 0 atom stereocenters. The van der Waals surface area contributed by atoms with Gasteiger partial charge in [0.05, 0.1) is 12.7 Å². The molecule has 0 unspecified atom stereocenters. The molecule has 0 aliphatic carbocycles. The summed E-state index contributed by atoms with van der Waals surface area (Å²) in [4.78, 5) is 12.8. The van der Waals surface area contributed by atoms with Crippen LogP contribution in [0.4, 0.5) is 0 Å². The molecule has 1 fully saturated rings. The Labute approximate surface area is 105 Å². The van der Waals surface area contributed by atoms with Crippen LogP contribution in [-0.4, -0.2) is 29.1 Å². The Morgan fingerprint density at radius 1 is 1.39 bits per heavy atom. The lowest BCUT2D eigenvalue weighted by Gasteiger charge is -2.38. The molecule has 1 N–H and O–H groups in total. The summed E-state index contributed by atoms with van der Waals surface area (Å²) in [5.74, 6) is -0.394. The summed E-state index contributed by atoms with van der Waals surface area (Å²) >= 11 is 0. The van der Waals surface area contributed by atoms with E-state index in [1.54, 1.807) is 6.26 Å². The Kier molecular flexibility index (Phi) is 2.80. The van der Waals surface area contributed by atoms with Gasteiger partial charge in [-0.2, -0.15) is 0 Å². The topological polar surface area (TPSA) is 53.7 Å². The third-order valence-corrected chi connectivity index (χ3v) is 3.45. The average molecular weight is 245 g/mol. The SMILES string of the molecule is O=C(O)CC1CN(Cc2coc3ccccc23)C1. The first-order chi connectivity index (χ1) is 8.72. The number of carbonyl (C=O) groups is 1. The predicted octanol–water partition coefficient (Wildman–Crippen LogP) is 2.34. The second-order valence-corrected chi connectivity index (χ2v) is 4.92. The minimum atomic E-state index is -0.701. The molecule has 0 bridgehead atoms. The number of carboxylic acid groups (broad SMARTS) is 1. The Bertz CT molecular complexity index is 569. The summed E-state index contributed by atoms with van der Waals surface area (Å²) < 4.78 is 5.49. The zero-order valence-corrected chi connectivity index (χ0v) is 10.0. The second-order valence-electron chi connectivity index (χ2n) is 4.92. The van der Waals surface area contributed by atoms with E-state index in [2.05, 4.69) is 11.0 Å². The van der Waals surface area contributed by atoms with Crippen molar-refractivity contribution in [2.24, 2.45) is 5.92 Å². The molecule has 0 saturated carbocycles. The van der Waals surface area contributed by atoms with Crippen molar-refractivity contribution in [1.29, 1.82) is 0 Å². The van der Waals surface area contributed by atoms with E-state index >= 15 is 0 Å². The van der Waals surface area contributed by atoms with Crippen LogP contribution in [0.3, 0.4) is 0 Å². The second kappa shape index (κ2) is 4.46. The van der Waals surface area contributed by atoms with Crippen molar-refractivity contribution in [2.45, 2.75) is 13.0 Å². The molecule has 0 spiro atoms. The highest BCUT2D eigenvalue weighted by atomic mass is 16.4. The van der Waals surface area contributed by atoms with Gasteiger partial charge < -0.3 is 9.52 Å². The Balaban J connectivity index is 1.63. The quantitative estimate of drug-likeness (QED) is 0.898. The van der Waals surface area contributed by atoms with Crippen LogP contribution in [0.25, 0.3) is 11.0 Å². The van der Waals surface area contributed by atoms with Crippen molar-refractivity contribution in [3.63, 3.8) is 0 Å². The van der Waals surface area contributed by atoms with Gasteiger partial charge in [0.25, 0.3) is 0 Å². The lowest BCUT2D eigenvalue weighted by Crippen LogP contribution is -2.46. The van der Waals surface area contributed by atoms with E-state index in [9.17, 15) is 4.79 Å². The number of hydrogen-bond donors (Lipinski definition) is 1. The number of carboxylic acids is 1. The number of likely N-dealkylation sites (tertiary alicyclic amines) is 1. The maximum absolute atomic E-state index is 10.6. The molecule has 18 heavy (non-hydrogen) atoms. The van der Waals surface area contributed by atoms with Crippen LogP contribution in [-0.2, 0) is 11.3 Å². The van der Waals surface area contributed by atoms with E-state index in [0.29, 0.717) is 5.92 Å². The van der Waals surface area contributed by atoms with E-state index in [0.717, 1.165) is 30.6 Å². The smallest absolute Gasteiger partial charge is 0.303 e. The van der Waals surface area contributed by atoms with Crippen LogP contribution in [0.1, 0.15) is 12.0 Å². The number of rotatable bonds is 4. The largest absolute Gasteiger partial charge is 0.481 e. The Hall–Kier alpha value is -1.81. The minimum Gasteiger partial charge on any atom is -0.481 e. The summed E-state index contributed by atoms with van der Waals surface area (Å²) in [7, 11) is 0. The van der Waals surface area contributed by atoms with Gasteiger partial charge in [0.15, 0.2) is 0 Å². The van der Waals surface area contributed by atoms with Gasteiger partial charge in [0, 0.05) is 30.6 Å². The molecule has 0 amide bonds. The summed E-state index contributed by atoms with van der Waals surface area (Å²) in [6, 6.07) is 7.98. The Morgan fingerprint density at radius 3 is 2.94 bits per heavy atom. The molecule has 4 heteroatoms. The van der Waals surface area contributed by atoms with E-state index in [-0.39, 0.29) is 6.42 Å². The first kappa shape index (κ1) is 11.3. The van der Waals surface area contributed by atoms with Crippen LogP contribution in [0, 0.1) is 5.92 Å². The van der Waals surface area contributed by atoms with E-state index in [1.165, 1.54) is 5.56 Å². The zero-order chi connectivity index (χ0) is 12.5. The van der Waals surface area contributed by atoms with Gasteiger partial charge in [-0.15, -0.1) is 0 Å². The standard InChI is InChI=1S/C14H15NO3/c16-14(17)5-10-6-15(7-10)8-11-9-18-13-4-2-1-3-12(11)13/h1-4,9-10H,5-8H2,(H,16,17). The van der Waals surface area contributed by atoms with Crippen molar-refractivity contribution < 1.29 is 14.3 Å². The van der Waals surface area contributed by atoms with Crippen molar-refractivity contribution in [3.05, 3.63) is 36.1 Å². The molecule has 94 valence electrons. The third-order valence-electron chi connectivity index (χ3n) is 3.45. The molecular weight excluding hydrogens is 230 g/mol. The molecule has 3 rings (SSSR count). The van der Waals surface area contributed by atoms with Gasteiger partial charge >= 0.3 is 5.97 Å². The van der Waals surface area contributed by atoms with Gasteiger partial charge in [-0.05, 0) is 12.0 Å². The fraction of sp³-hybridized carbons (Fsp3) is 0.357. The maximum atomic E-state index is 10.6. The van der Waals surface area contributed by atoms with Gasteiger partial charge in [-0.3, -0.25) is 9.69 Å². The first-order valence-corrected chi connectivity index (χ1v) is 6.11. The van der Waals surface area contributed by atoms with Gasteiger partial charge in [-0.1, -0.05) is 18.2 Å². The molecule has 1 aliphatic heterocycles. The van der Waals surface area contributed by atoms with Crippen molar-refractivity contribution in [2.75, 3.05) is 13.1 Å². The highest BCUT2D eigenvalue weighted by molar-refractivity contribution is 5.80. The molecular formula is C14H15NO3. The fourth-order valence-corrected chi connectivity index (χ4v) is 2.58. The molecule has 2 heterocycles. The number of hydrogen-bond acceptors (Lipinski definition) is 3. The van der Waals surface area contributed by atoms with Crippen molar-refractivity contribution in [3.8, 4) is 0 Å². The zero-order valence-electron chi connectivity index (χ0n) is 10.0. The van der Waals surface area contributed by atoms with Crippen LogP contribution in [0.5, 0.6) is 0 Å². The summed E-state index contributed by atoms with van der Waals surface area (Å²) in [5.41, 5.74) is 2.09. The van der Waals surface area contributed by atoms with Crippen LogP contribution >= 0.6 is 0 Å². The highest BCUT2D eigenvalue weighted by Crippen LogP contribution is 2.26. The van der Waals surface area contributed by atoms with Gasteiger partial charge in [-0.25, -0.2) is 0 Å². The molecule has 1 aromatic heterocycles. The molecule has 4 nitrogen and oxygen atoms in total. The van der Waals surface area contributed by atoms with E-state index < -0.39 is 5.97 Å². The number of fused-ring (bicyclic) bond motifs is 1. The molecule has 1 aromatic carbocycles. The maximum Gasteiger partial charge on any atom is 0.303 e. The van der Waals surface area contributed by atoms with Crippen molar-refractivity contribution in [1.82, 2.24) is 4.90 Å². The number of benzene rings is 1. The number of para-hydroxylation sites is 1. The first-order valence-electron chi connectivity index (χ1n) is 6.11. The van der Waals surface area contributed by atoms with Gasteiger partial charge in [0.1, 0.15) is 5.58 Å². The summed E-state index contributed by atoms with van der Waals surface area (Å²) in [6.07, 6.45) is 2.08. The van der Waals surface area contributed by atoms with Crippen LogP contribution in [0.2, 0.25) is 0 Å². The van der Waals surface area contributed by atoms with Crippen LogP contribution < -0.4 is 0 Å². The number of nitrogens with zero attached hydrogens (tertiary/aromatic N) is 1. The third kappa shape index (κ3) is 2.11. The lowest BCUT2D eigenvalue weighted by atomic mass is 9.96. The summed E-state index contributed by atoms with van der Waals surface area (Å²) in [6.45, 7) is 2.57. The Morgan fingerprint density at radius 2 is 2.17 bits per heavy atom. The molecule has 2 aromatic rings. The predicted molar refractivity (Wildman–Crippen MR) is 67.2 cm³/mol. The average Bonchev–Trinajstić information content (AvgIpc) is 2.69. The monoisotopic (exact) mass is 245 g/mol. The number of aliphatic carboxylic acids is 1. The molecule has 0 radical (unpaired) electrons. The fourth-order valence-electron chi connectivity index (χ4n) is 2.58. The molecule has 1 saturated heterocycles. The lowest BCUT2D eigenvalue weighted by molar-refractivity contribution is -0.139. The van der Waals surface area contributed by atoms with E-state index in [1.807, 2.05) is 18.2 Å². The highest BCUT2D eigenvalue weighted by Gasteiger charge is 2.28. The van der Waals surface area contributed by atoms with Gasteiger partial charge in [0.2, 0.25) is 0 Å². The minimum absolute atomic E-state index is 0.280. The normalized spacial score (nSPS) is 16.9. The van der Waals surface area contributed by atoms with Crippen molar-refractivity contribution >= 4 is 16.9 Å². The van der Waals surface area contributed by atoms with Crippen LogP contribution in [0.15, 0.2) is 34.9 Å². The van der Waals surface area contributed by atoms with E-state index in [4.69, 9.17) is 9.52 Å². The number of furan rings is 1. The summed E-state index contributed by atoms with van der Waals surface area (Å²) in [5, 5.41) is 9.85.